The van der Waals surface area contributed by atoms with Crippen molar-refractivity contribution >= 4 is 23.6 Å². The normalized spacial score (nSPS) is 10.3. The first-order chi connectivity index (χ1) is 8.61. The fourth-order valence-electron chi connectivity index (χ4n) is 1.29. The maximum absolute atomic E-state index is 11.2. The molecule has 0 saturated carbocycles. The highest BCUT2D eigenvalue weighted by atomic mass is 16.3. The lowest BCUT2D eigenvalue weighted by molar-refractivity contribution is -0.116. The lowest BCUT2D eigenvalue weighted by atomic mass is 10.2. The van der Waals surface area contributed by atoms with E-state index in [-0.39, 0.29) is 25.0 Å². The predicted octanol–water partition coefficient (Wildman–Crippen LogP) is 0.767. The van der Waals surface area contributed by atoms with Crippen LogP contribution in [0.25, 0.3) is 6.08 Å². The van der Waals surface area contributed by atoms with Crippen molar-refractivity contribution in [3.05, 3.63) is 35.9 Å². The van der Waals surface area contributed by atoms with Gasteiger partial charge in [0.25, 0.3) is 0 Å². The second kappa shape index (κ2) is 7.24. The van der Waals surface area contributed by atoms with Crippen LogP contribution in [-0.2, 0) is 9.59 Å². The fraction of sp³-hybridized carbons (Fsp3) is 0.231. The average Bonchev–Trinajstić information content (AvgIpc) is 2.35. The smallest absolute Gasteiger partial charge is 0.244 e. The number of hydrogen-bond acceptors (Lipinski definition) is 3. The van der Waals surface area contributed by atoms with Crippen LogP contribution in [0.2, 0.25) is 0 Å². The summed E-state index contributed by atoms with van der Waals surface area (Å²) in [5.41, 5.74) is 1.56. The van der Waals surface area contributed by atoms with Gasteiger partial charge in [0.15, 0.2) is 0 Å². The predicted molar refractivity (Wildman–Crippen MR) is 69.9 cm³/mol. The van der Waals surface area contributed by atoms with E-state index in [1.807, 2.05) is 0 Å². The van der Waals surface area contributed by atoms with Crippen LogP contribution in [0, 0.1) is 0 Å². The summed E-state index contributed by atoms with van der Waals surface area (Å²) in [6, 6.07) is 7.10. The molecule has 1 rings (SSSR count). The van der Waals surface area contributed by atoms with E-state index >= 15 is 0 Å². The maximum atomic E-state index is 11.2. The van der Waals surface area contributed by atoms with Gasteiger partial charge in [-0.1, -0.05) is 12.1 Å². The summed E-state index contributed by atoms with van der Waals surface area (Å²) in [6.45, 7) is 1.61. The molecular formula is C13H16N2O3. The Balaban J connectivity index is 2.55. The molecule has 0 bridgehead atoms. The zero-order chi connectivity index (χ0) is 13.4. The molecular weight excluding hydrogens is 232 g/mol. The zero-order valence-corrected chi connectivity index (χ0v) is 10.1. The molecule has 0 heterocycles. The summed E-state index contributed by atoms with van der Waals surface area (Å²) in [7, 11) is 0. The van der Waals surface area contributed by atoms with Gasteiger partial charge < -0.3 is 15.7 Å². The van der Waals surface area contributed by atoms with Gasteiger partial charge in [-0.3, -0.25) is 9.59 Å². The van der Waals surface area contributed by atoms with Gasteiger partial charge in [0, 0.05) is 25.2 Å². The Labute approximate surface area is 106 Å². The van der Waals surface area contributed by atoms with Crippen LogP contribution in [0.1, 0.15) is 12.5 Å². The molecule has 0 aliphatic carbocycles. The molecule has 0 spiro atoms. The highest BCUT2D eigenvalue weighted by Crippen LogP contribution is 2.10. The highest BCUT2D eigenvalue weighted by molar-refractivity contribution is 5.92. The monoisotopic (exact) mass is 248 g/mol. The molecule has 18 heavy (non-hydrogen) atoms. The zero-order valence-electron chi connectivity index (χ0n) is 10.1. The number of nitrogens with one attached hydrogen (secondary N) is 2. The first-order valence-corrected chi connectivity index (χ1v) is 5.56. The second-order valence-corrected chi connectivity index (χ2v) is 3.65. The Hall–Kier alpha value is -2.14. The van der Waals surface area contributed by atoms with Crippen molar-refractivity contribution in [3.63, 3.8) is 0 Å². The lowest BCUT2D eigenvalue weighted by Crippen LogP contribution is -2.24. The van der Waals surface area contributed by atoms with Gasteiger partial charge in [-0.15, -0.1) is 0 Å². The first-order valence-electron chi connectivity index (χ1n) is 5.56. The molecule has 0 saturated heterocycles. The summed E-state index contributed by atoms with van der Waals surface area (Å²) in [6.07, 6.45) is 3.05. The maximum Gasteiger partial charge on any atom is 0.244 e. The molecule has 0 aliphatic rings. The Bertz CT molecular complexity index is 438. The minimum atomic E-state index is -0.255. The fourth-order valence-corrected chi connectivity index (χ4v) is 1.29. The molecule has 0 unspecified atom stereocenters. The van der Waals surface area contributed by atoms with Gasteiger partial charge in [0.2, 0.25) is 11.8 Å². The van der Waals surface area contributed by atoms with E-state index in [1.165, 1.54) is 13.0 Å². The molecule has 5 nitrogen and oxygen atoms in total. The minimum Gasteiger partial charge on any atom is -0.395 e. The van der Waals surface area contributed by atoms with Gasteiger partial charge in [-0.05, 0) is 23.8 Å². The number of hydrogen-bond donors (Lipinski definition) is 3. The van der Waals surface area contributed by atoms with Crippen LogP contribution in [0.15, 0.2) is 30.3 Å². The number of benzene rings is 1. The van der Waals surface area contributed by atoms with E-state index < -0.39 is 0 Å². The van der Waals surface area contributed by atoms with Crippen molar-refractivity contribution < 1.29 is 14.7 Å². The van der Waals surface area contributed by atoms with E-state index in [9.17, 15) is 9.59 Å². The van der Waals surface area contributed by atoms with E-state index in [0.29, 0.717) is 5.69 Å². The third-order valence-electron chi connectivity index (χ3n) is 2.07. The van der Waals surface area contributed by atoms with Crippen molar-refractivity contribution in [1.29, 1.82) is 0 Å². The van der Waals surface area contributed by atoms with Crippen LogP contribution in [0.4, 0.5) is 5.69 Å². The van der Waals surface area contributed by atoms with E-state index in [2.05, 4.69) is 10.6 Å². The van der Waals surface area contributed by atoms with Crippen molar-refractivity contribution in [1.82, 2.24) is 5.32 Å². The molecule has 96 valence electrons. The van der Waals surface area contributed by atoms with Crippen LogP contribution in [-0.4, -0.2) is 30.1 Å². The van der Waals surface area contributed by atoms with Crippen molar-refractivity contribution in [2.45, 2.75) is 6.92 Å². The number of anilines is 1. The number of aliphatic hydroxyl groups excluding tert-OH is 1. The van der Waals surface area contributed by atoms with Crippen molar-refractivity contribution in [3.8, 4) is 0 Å². The van der Waals surface area contributed by atoms with Crippen LogP contribution < -0.4 is 10.6 Å². The Kier molecular flexibility index (Phi) is 5.60. The van der Waals surface area contributed by atoms with Crippen LogP contribution in [0.5, 0.6) is 0 Å². The molecule has 0 fully saturated rings. The molecule has 0 radical (unpaired) electrons. The highest BCUT2D eigenvalue weighted by Gasteiger charge is 1.96. The minimum absolute atomic E-state index is 0.0784. The lowest BCUT2D eigenvalue weighted by Gasteiger charge is -2.01. The number of rotatable bonds is 5. The molecule has 1 aromatic carbocycles. The average molecular weight is 248 g/mol. The largest absolute Gasteiger partial charge is 0.395 e. The Morgan fingerprint density at radius 1 is 1.28 bits per heavy atom. The number of aliphatic hydroxyl groups is 1. The summed E-state index contributed by atoms with van der Waals surface area (Å²) in [5.74, 6) is -0.378. The van der Waals surface area contributed by atoms with Crippen LogP contribution >= 0.6 is 0 Å². The third kappa shape index (κ3) is 5.27. The van der Waals surface area contributed by atoms with E-state index in [1.54, 1.807) is 30.3 Å². The molecule has 2 amide bonds. The second-order valence-electron chi connectivity index (χ2n) is 3.65. The van der Waals surface area contributed by atoms with Gasteiger partial charge in [0.1, 0.15) is 0 Å². The number of carbonyl (C=O) groups is 2. The summed E-state index contributed by atoms with van der Waals surface area (Å²) >= 11 is 0. The molecule has 0 aromatic heterocycles. The molecule has 3 N–H and O–H groups in total. The number of amides is 2. The molecule has 0 atom stereocenters. The molecule has 1 aromatic rings. The molecule has 5 heteroatoms. The first kappa shape index (κ1) is 13.9. The van der Waals surface area contributed by atoms with Gasteiger partial charge >= 0.3 is 0 Å². The Morgan fingerprint density at radius 2 is 1.94 bits per heavy atom. The SMILES string of the molecule is CC(=O)Nc1ccc(/C=C/C(=O)NCCO)cc1. The van der Waals surface area contributed by atoms with Crippen molar-refractivity contribution in [2.24, 2.45) is 0 Å². The van der Waals surface area contributed by atoms with Gasteiger partial charge in [-0.25, -0.2) is 0 Å². The van der Waals surface area contributed by atoms with E-state index in [0.717, 1.165) is 5.56 Å². The standard InChI is InChI=1S/C13H16N2O3/c1-10(17)15-12-5-2-11(3-6-12)4-7-13(18)14-8-9-16/h2-7,16H,8-9H2,1H3,(H,14,18)(H,15,17)/b7-4+. The van der Waals surface area contributed by atoms with Gasteiger partial charge in [-0.2, -0.15) is 0 Å². The summed E-state index contributed by atoms with van der Waals surface area (Å²) < 4.78 is 0. The quantitative estimate of drug-likeness (QED) is 0.673. The number of carbonyl (C=O) groups excluding carboxylic acids is 2. The van der Waals surface area contributed by atoms with Crippen molar-refractivity contribution in [2.75, 3.05) is 18.5 Å². The summed E-state index contributed by atoms with van der Waals surface area (Å²) in [4.78, 5) is 22.0. The Morgan fingerprint density at radius 3 is 2.50 bits per heavy atom. The van der Waals surface area contributed by atoms with Gasteiger partial charge in [0.05, 0.1) is 6.61 Å². The topological polar surface area (TPSA) is 78.4 Å². The molecule has 0 aliphatic heterocycles. The van der Waals surface area contributed by atoms with E-state index in [4.69, 9.17) is 5.11 Å². The third-order valence-corrected chi connectivity index (χ3v) is 2.07. The van der Waals surface area contributed by atoms with Crippen LogP contribution in [0.3, 0.4) is 0 Å². The summed E-state index contributed by atoms with van der Waals surface area (Å²) in [5, 5.41) is 13.7.